The molecule has 0 bridgehead atoms. The quantitative estimate of drug-likeness (QED) is 0.471. The van der Waals surface area contributed by atoms with Gasteiger partial charge in [-0.25, -0.2) is 9.97 Å². The van der Waals surface area contributed by atoms with Gasteiger partial charge in [0.05, 0.1) is 35.4 Å². The summed E-state index contributed by atoms with van der Waals surface area (Å²) in [6.07, 6.45) is 3.34. The van der Waals surface area contributed by atoms with E-state index in [1.807, 2.05) is 43.5 Å². The second kappa shape index (κ2) is 8.83. The zero-order chi connectivity index (χ0) is 23.7. The Morgan fingerprint density at radius 2 is 1.79 bits per heavy atom. The smallest absolute Gasteiger partial charge is 0.252 e. The lowest BCUT2D eigenvalue weighted by molar-refractivity contribution is -0.00241. The largest absolute Gasteiger partial charge is 0.492 e. The Morgan fingerprint density at radius 1 is 1.03 bits per heavy atom. The predicted octanol–water partition coefficient (Wildman–Crippen LogP) is 3.21. The van der Waals surface area contributed by atoms with Gasteiger partial charge in [0.25, 0.3) is 5.91 Å². The van der Waals surface area contributed by atoms with E-state index in [4.69, 9.17) is 10.5 Å². The summed E-state index contributed by atoms with van der Waals surface area (Å²) in [5.74, 6) is 1.33. The molecule has 2 saturated heterocycles. The molecule has 1 aromatic carbocycles. The topological polar surface area (TPSA) is 109 Å². The monoisotopic (exact) mass is 459 g/mol. The number of hydrogen-bond acceptors (Lipinski definition) is 8. The third-order valence-electron chi connectivity index (χ3n) is 6.26. The molecule has 0 saturated carbocycles. The molecule has 0 atom stereocenters. The number of ether oxygens (including phenoxy) is 1. The lowest BCUT2D eigenvalue weighted by atomic mass is 9.73. The third kappa shape index (κ3) is 4.34. The highest BCUT2D eigenvalue weighted by Crippen LogP contribution is 2.41. The van der Waals surface area contributed by atoms with Crippen LogP contribution in [0.2, 0.25) is 0 Å². The number of pyridine rings is 2. The molecule has 1 amide bonds. The molecule has 4 heterocycles. The average molecular weight is 460 g/mol. The van der Waals surface area contributed by atoms with Gasteiger partial charge in [-0.2, -0.15) is 0 Å². The molecule has 176 valence electrons. The predicted molar refractivity (Wildman–Crippen MR) is 133 cm³/mol. The van der Waals surface area contributed by atoms with Crippen molar-refractivity contribution in [3.05, 3.63) is 60.4 Å². The van der Waals surface area contributed by atoms with Gasteiger partial charge in [0.15, 0.2) is 0 Å². The highest BCUT2D eigenvalue weighted by molar-refractivity contribution is 5.99. The van der Waals surface area contributed by atoms with Crippen molar-refractivity contribution < 1.29 is 9.53 Å². The van der Waals surface area contributed by atoms with Gasteiger partial charge < -0.3 is 30.9 Å². The number of benzene rings is 1. The number of carbonyl (C=O) groups is 1. The zero-order valence-electron chi connectivity index (χ0n) is 19.4. The molecule has 0 radical (unpaired) electrons. The summed E-state index contributed by atoms with van der Waals surface area (Å²) < 4.78 is 5.68. The molecular formula is C25H29N7O2. The summed E-state index contributed by atoms with van der Waals surface area (Å²) in [5.41, 5.74) is 8.73. The van der Waals surface area contributed by atoms with Crippen LogP contribution in [0.3, 0.4) is 0 Å². The van der Waals surface area contributed by atoms with Gasteiger partial charge in [-0.3, -0.25) is 4.79 Å². The van der Waals surface area contributed by atoms with Gasteiger partial charge >= 0.3 is 0 Å². The number of nitrogens with zero attached hydrogens (tertiary/aromatic N) is 4. The van der Waals surface area contributed by atoms with E-state index in [9.17, 15) is 4.79 Å². The Hall–Kier alpha value is -3.85. The molecule has 2 fully saturated rings. The molecular weight excluding hydrogens is 430 g/mol. The van der Waals surface area contributed by atoms with Crippen molar-refractivity contribution in [1.82, 2.24) is 14.9 Å². The van der Waals surface area contributed by atoms with Crippen LogP contribution in [0.1, 0.15) is 17.3 Å². The fourth-order valence-electron chi connectivity index (χ4n) is 4.84. The van der Waals surface area contributed by atoms with Crippen LogP contribution < -0.4 is 26.0 Å². The van der Waals surface area contributed by atoms with Crippen LogP contribution in [-0.4, -0.2) is 60.6 Å². The van der Waals surface area contributed by atoms with Gasteiger partial charge in [0.2, 0.25) is 0 Å². The average Bonchev–Trinajstić information content (AvgIpc) is 2.77. The van der Waals surface area contributed by atoms with Crippen LogP contribution in [-0.2, 0) is 0 Å². The Kier molecular flexibility index (Phi) is 5.70. The first-order valence-corrected chi connectivity index (χ1v) is 11.4. The lowest BCUT2D eigenvalue weighted by Crippen LogP contribution is -2.71. The fourth-order valence-corrected chi connectivity index (χ4v) is 4.84. The van der Waals surface area contributed by atoms with Crippen LogP contribution in [0.25, 0.3) is 0 Å². The number of anilines is 5. The molecule has 3 aromatic rings. The van der Waals surface area contributed by atoms with Crippen molar-refractivity contribution >= 4 is 34.6 Å². The number of para-hydroxylation sites is 2. The third-order valence-corrected chi connectivity index (χ3v) is 6.26. The summed E-state index contributed by atoms with van der Waals surface area (Å²) in [7, 11) is 2.17. The summed E-state index contributed by atoms with van der Waals surface area (Å²) in [6.45, 7) is 6.97. The number of likely N-dealkylation sites (tertiary alicyclic amines) is 1. The lowest BCUT2D eigenvalue weighted by Gasteiger charge is -2.60. The molecule has 2 aliphatic heterocycles. The van der Waals surface area contributed by atoms with Gasteiger partial charge in [0.1, 0.15) is 17.4 Å². The maximum absolute atomic E-state index is 12.0. The molecule has 0 unspecified atom stereocenters. The van der Waals surface area contributed by atoms with Gasteiger partial charge in [-0.1, -0.05) is 12.1 Å². The number of nitrogens with one attached hydrogen (secondary N) is 2. The van der Waals surface area contributed by atoms with E-state index in [0.29, 0.717) is 35.1 Å². The highest BCUT2D eigenvalue weighted by atomic mass is 16.5. The molecule has 0 aliphatic carbocycles. The minimum absolute atomic E-state index is 0.286. The number of rotatable bonds is 8. The van der Waals surface area contributed by atoms with E-state index < -0.39 is 5.91 Å². The number of amides is 1. The van der Waals surface area contributed by atoms with Crippen LogP contribution in [0.5, 0.6) is 5.75 Å². The standard InChI is InChI=1S/C25H29N7O2/c1-3-34-21-7-5-4-6-19(21)29-20-10-23(28-12-18(20)24(26)33)30-22-9-8-17(11-27-22)32-15-25(16-32)13-31(2)14-25/h4-12H,3,13-16H2,1-2H3,(H2,26,33)(H2,27,28,29,30). The second-order valence-corrected chi connectivity index (χ2v) is 9.09. The van der Waals surface area contributed by atoms with Crippen molar-refractivity contribution in [3.8, 4) is 5.75 Å². The number of carbonyl (C=O) groups excluding carboxylic acids is 1. The van der Waals surface area contributed by atoms with Gasteiger partial charge in [-0.15, -0.1) is 0 Å². The Morgan fingerprint density at radius 3 is 2.47 bits per heavy atom. The maximum Gasteiger partial charge on any atom is 0.252 e. The van der Waals surface area contributed by atoms with E-state index in [2.05, 4.69) is 43.5 Å². The van der Waals surface area contributed by atoms with Crippen LogP contribution in [0.4, 0.5) is 28.7 Å². The Labute approximate surface area is 198 Å². The summed E-state index contributed by atoms with van der Waals surface area (Å²) >= 11 is 0. The van der Waals surface area contributed by atoms with Crippen LogP contribution in [0.15, 0.2) is 54.9 Å². The molecule has 2 aliphatic rings. The highest BCUT2D eigenvalue weighted by Gasteiger charge is 2.50. The van der Waals surface area contributed by atoms with E-state index in [1.165, 1.54) is 19.3 Å². The molecule has 9 heteroatoms. The minimum atomic E-state index is -0.567. The number of primary amides is 1. The molecule has 34 heavy (non-hydrogen) atoms. The van der Waals surface area contributed by atoms with Gasteiger partial charge in [-0.05, 0) is 38.2 Å². The first kappa shape index (κ1) is 22.0. The number of aromatic nitrogens is 2. The summed E-state index contributed by atoms with van der Waals surface area (Å²) in [4.78, 5) is 25.6. The number of hydrogen-bond donors (Lipinski definition) is 3. The second-order valence-electron chi connectivity index (χ2n) is 9.09. The number of nitrogens with two attached hydrogens (primary N) is 1. The van der Waals surface area contributed by atoms with E-state index in [0.717, 1.165) is 24.5 Å². The maximum atomic E-state index is 12.0. The molecule has 9 nitrogen and oxygen atoms in total. The first-order valence-electron chi connectivity index (χ1n) is 11.4. The SMILES string of the molecule is CCOc1ccccc1Nc1cc(Nc2ccc(N3CC4(CN(C)C4)C3)cn2)ncc1C(N)=O. The fraction of sp³-hybridized carbons (Fsp3) is 0.320. The van der Waals surface area contributed by atoms with Crippen molar-refractivity contribution in [3.63, 3.8) is 0 Å². The van der Waals surface area contributed by atoms with Crippen molar-refractivity contribution in [1.29, 1.82) is 0 Å². The summed E-state index contributed by atoms with van der Waals surface area (Å²) in [6, 6.07) is 13.3. The Balaban J connectivity index is 1.30. The van der Waals surface area contributed by atoms with E-state index >= 15 is 0 Å². The molecule has 2 aromatic heterocycles. The molecule has 5 rings (SSSR count). The first-order chi connectivity index (χ1) is 16.4. The Bertz CT molecular complexity index is 1180. The van der Waals surface area contributed by atoms with Crippen molar-refractivity contribution in [2.45, 2.75) is 6.92 Å². The van der Waals surface area contributed by atoms with E-state index in [-0.39, 0.29) is 5.56 Å². The molecule has 4 N–H and O–H groups in total. The van der Waals surface area contributed by atoms with E-state index in [1.54, 1.807) is 6.07 Å². The van der Waals surface area contributed by atoms with Crippen molar-refractivity contribution in [2.75, 3.05) is 55.4 Å². The minimum Gasteiger partial charge on any atom is -0.492 e. The van der Waals surface area contributed by atoms with Crippen LogP contribution in [0, 0.1) is 5.41 Å². The van der Waals surface area contributed by atoms with Gasteiger partial charge in [0, 0.05) is 43.9 Å². The normalized spacial score (nSPS) is 16.5. The van der Waals surface area contributed by atoms with Crippen LogP contribution >= 0.6 is 0 Å². The summed E-state index contributed by atoms with van der Waals surface area (Å²) in [5, 5.41) is 6.47. The van der Waals surface area contributed by atoms with Crippen molar-refractivity contribution in [2.24, 2.45) is 11.1 Å². The zero-order valence-corrected chi connectivity index (χ0v) is 19.4. The molecule has 1 spiro atoms.